The minimum Gasteiger partial charge on any atom is -0.243 e. The Labute approximate surface area is 158 Å². The van der Waals surface area contributed by atoms with Crippen LogP contribution in [-0.4, -0.2) is 9.97 Å². The van der Waals surface area contributed by atoms with Crippen molar-refractivity contribution in [3.63, 3.8) is 0 Å². The zero-order valence-electron chi connectivity index (χ0n) is 14.2. The highest BCUT2D eigenvalue weighted by Gasteiger charge is 2.17. The van der Waals surface area contributed by atoms with E-state index in [2.05, 4.69) is 72.8 Å². The van der Waals surface area contributed by atoms with Crippen LogP contribution < -0.4 is 0 Å². The molecule has 27 heavy (non-hydrogen) atoms. The van der Waals surface area contributed by atoms with E-state index in [1.54, 1.807) is 11.3 Å². The molecule has 0 saturated carbocycles. The molecule has 3 heteroatoms. The molecule has 0 saturated heterocycles. The third-order valence-corrected chi connectivity index (χ3v) is 6.72. The summed E-state index contributed by atoms with van der Waals surface area (Å²) in [5.41, 5.74) is 5.50. The molecule has 0 radical (unpaired) electrons. The summed E-state index contributed by atoms with van der Waals surface area (Å²) in [6.07, 6.45) is 4.36. The summed E-state index contributed by atoms with van der Waals surface area (Å²) < 4.78 is 1.27. The highest BCUT2D eigenvalue weighted by atomic mass is 32.1. The Kier molecular flexibility index (Phi) is 2.41. The SMILES string of the molecule is C1=Cc2cc3nc4c(nc3c3cccc1c23)sc1c2ccccc2ccc41. The maximum absolute atomic E-state index is 5.09. The Morgan fingerprint density at radius 1 is 0.667 bits per heavy atom. The second-order valence-electron chi connectivity index (χ2n) is 7.08. The van der Waals surface area contributed by atoms with Crippen molar-refractivity contribution in [3.8, 4) is 0 Å². The number of thiophene rings is 1. The van der Waals surface area contributed by atoms with Crippen LogP contribution in [0.3, 0.4) is 0 Å². The second kappa shape index (κ2) is 4.70. The molecule has 0 amide bonds. The number of fused-ring (bicyclic) bond motifs is 7. The van der Waals surface area contributed by atoms with Gasteiger partial charge in [-0.05, 0) is 33.4 Å². The van der Waals surface area contributed by atoms with Crippen LogP contribution in [0, 0.1) is 0 Å². The average Bonchev–Trinajstić information content (AvgIpc) is 3.29. The fourth-order valence-corrected chi connectivity index (χ4v) is 5.53. The molecule has 0 fully saturated rings. The standard InChI is InChI=1S/C24H12N2S/c1-2-6-16-13(4-1)10-11-18-22-24(27-23(16)18)26-21-17-7-3-5-14-8-9-15(20(14)17)12-19(21)25-22/h1-12H. The van der Waals surface area contributed by atoms with Crippen LogP contribution >= 0.6 is 11.3 Å². The van der Waals surface area contributed by atoms with Crippen LogP contribution in [0.1, 0.15) is 11.1 Å². The van der Waals surface area contributed by atoms with Crippen molar-refractivity contribution in [2.75, 3.05) is 0 Å². The van der Waals surface area contributed by atoms with E-state index in [0.717, 1.165) is 21.4 Å². The molecule has 4 aromatic carbocycles. The third-order valence-electron chi connectivity index (χ3n) is 5.60. The van der Waals surface area contributed by atoms with Crippen molar-refractivity contribution in [2.24, 2.45) is 0 Å². The molecule has 7 rings (SSSR count). The lowest BCUT2D eigenvalue weighted by atomic mass is 10.0. The van der Waals surface area contributed by atoms with E-state index < -0.39 is 0 Å². The van der Waals surface area contributed by atoms with Crippen molar-refractivity contribution in [1.29, 1.82) is 0 Å². The number of rotatable bonds is 0. The van der Waals surface area contributed by atoms with Gasteiger partial charge in [-0.25, -0.2) is 9.97 Å². The van der Waals surface area contributed by atoms with Crippen molar-refractivity contribution in [2.45, 2.75) is 0 Å². The molecule has 124 valence electrons. The Bertz CT molecular complexity index is 1620. The van der Waals surface area contributed by atoms with Crippen LogP contribution in [-0.2, 0) is 0 Å². The molecule has 2 aromatic heterocycles. The number of aromatic nitrogens is 2. The molecule has 0 spiro atoms. The molecule has 1 aliphatic rings. The van der Waals surface area contributed by atoms with E-state index >= 15 is 0 Å². The van der Waals surface area contributed by atoms with Gasteiger partial charge in [0, 0.05) is 15.5 Å². The number of benzene rings is 4. The second-order valence-corrected chi connectivity index (χ2v) is 8.08. The summed E-state index contributed by atoms with van der Waals surface area (Å²) in [6, 6.07) is 21.5. The van der Waals surface area contributed by atoms with Gasteiger partial charge in [-0.3, -0.25) is 0 Å². The van der Waals surface area contributed by atoms with Crippen molar-refractivity contribution in [1.82, 2.24) is 9.97 Å². The fourth-order valence-electron chi connectivity index (χ4n) is 4.37. The van der Waals surface area contributed by atoms with Crippen LogP contribution in [0.15, 0.2) is 60.7 Å². The summed E-state index contributed by atoms with van der Waals surface area (Å²) in [5.74, 6) is 0. The van der Waals surface area contributed by atoms with Crippen LogP contribution in [0.2, 0.25) is 0 Å². The van der Waals surface area contributed by atoms with Crippen LogP contribution in [0.4, 0.5) is 0 Å². The molecule has 0 N–H and O–H groups in total. The largest absolute Gasteiger partial charge is 0.243 e. The van der Waals surface area contributed by atoms with Crippen LogP contribution in [0.25, 0.3) is 65.2 Å². The lowest BCUT2D eigenvalue weighted by Crippen LogP contribution is -1.88. The Morgan fingerprint density at radius 2 is 1.56 bits per heavy atom. The molecule has 6 aromatic rings. The number of nitrogens with zero attached hydrogens (tertiary/aromatic N) is 2. The van der Waals surface area contributed by atoms with E-state index in [9.17, 15) is 0 Å². The van der Waals surface area contributed by atoms with Gasteiger partial charge in [0.2, 0.25) is 0 Å². The minimum absolute atomic E-state index is 0.974. The summed E-state index contributed by atoms with van der Waals surface area (Å²) >= 11 is 1.75. The van der Waals surface area contributed by atoms with Gasteiger partial charge in [-0.15, -0.1) is 11.3 Å². The zero-order valence-corrected chi connectivity index (χ0v) is 15.0. The van der Waals surface area contributed by atoms with Gasteiger partial charge >= 0.3 is 0 Å². The fraction of sp³-hybridized carbons (Fsp3) is 0. The summed E-state index contributed by atoms with van der Waals surface area (Å²) in [5, 5.41) is 6.23. The number of hydrogen-bond donors (Lipinski definition) is 0. The lowest BCUT2D eigenvalue weighted by Gasteiger charge is -2.06. The Balaban J connectivity index is 1.71. The van der Waals surface area contributed by atoms with Gasteiger partial charge in [0.05, 0.1) is 11.0 Å². The molecule has 0 atom stereocenters. The van der Waals surface area contributed by atoms with E-state index in [-0.39, 0.29) is 0 Å². The summed E-state index contributed by atoms with van der Waals surface area (Å²) in [4.78, 5) is 11.2. The molecule has 2 heterocycles. The molecule has 1 aliphatic carbocycles. The predicted octanol–water partition coefficient (Wildman–Crippen LogP) is 6.79. The quantitative estimate of drug-likeness (QED) is 0.278. The topological polar surface area (TPSA) is 25.8 Å². The maximum Gasteiger partial charge on any atom is 0.143 e. The average molecular weight is 360 g/mol. The highest BCUT2D eigenvalue weighted by molar-refractivity contribution is 7.26. The normalized spacial score (nSPS) is 13.0. The predicted molar refractivity (Wildman–Crippen MR) is 116 cm³/mol. The molecular weight excluding hydrogens is 348 g/mol. The van der Waals surface area contributed by atoms with Crippen molar-refractivity contribution >= 4 is 76.5 Å². The zero-order chi connectivity index (χ0) is 17.5. The van der Waals surface area contributed by atoms with Crippen LogP contribution in [0.5, 0.6) is 0 Å². The van der Waals surface area contributed by atoms with Gasteiger partial charge in [-0.1, -0.05) is 66.7 Å². The molecule has 0 aliphatic heterocycles. The Hall–Kier alpha value is -3.30. The van der Waals surface area contributed by atoms with Gasteiger partial charge in [0.1, 0.15) is 10.3 Å². The lowest BCUT2D eigenvalue weighted by molar-refractivity contribution is 1.44. The van der Waals surface area contributed by atoms with E-state index in [0.29, 0.717) is 0 Å². The first-order chi connectivity index (χ1) is 13.4. The van der Waals surface area contributed by atoms with Gasteiger partial charge in [0.25, 0.3) is 0 Å². The van der Waals surface area contributed by atoms with E-state index in [1.165, 1.54) is 42.8 Å². The summed E-state index contributed by atoms with van der Waals surface area (Å²) in [7, 11) is 0. The monoisotopic (exact) mass is 360 g/mol. The smallest absolute Gasteiger partial charge is 0.143 e. The van der Waals surface area contributed by atoms with E-state index in [1.807, 2.05) is 0 Å². The Morgan fingerprint density at radius 3 is 2.56 bits per heavy atom. The summed E-state index contributed by atoms with van der Waals surface area (Å²) in [6.45, 7) is 0. The van der Waals surface area contributed by atoms with E-state index in [4.69, 9.17) is 9.97 Å². The minimum atomic E-state index is 0.974. The van der Waals surface area contributed by atoms with Crippen molar-refractivity contribution in [3.05, 3.63) is 71.8 Å². The highest BCUT2D eigenvalue weighted by Crippen LogP contribution is 2.40. The first kappa shape index (κ1) is 13.8. The van der Waals surface area contributed by atoms with Crippen molar-refractivity contribution < 1.29 is 0 Å². The van der Waals surface area contributed by atoms with Gasteiger partial charge < -0.3 is 0 Å². The molecule has 2 nitrogen and oxygen atoms in total. The molecular formula is C24H12N2S. The third kappa shape index (κ3) is 1.70. The number of hydrogen-bond acceptors (Lipinski definition) is 3. The molecule has 0 unspecified atom stereocenters. The first-order valence-electron chi connectivity index (χ1n) is 9.02. The molecule has 0 bridgehead atoms. The van der Waals surface area contributed by atoms with Gasteiger partial charge in [0.15, 0.2) is 0 Å². The van der Waals surface area contributed by atoms with Gasteiger partial charge in [-0.2, -0.15) is 0 Å². The maximum atomic E-state index is 5.09. The first-order valence-corrected chi connectivity index (χ1v) is 9.84.